The van der Waals surface area contributed by atoms with Crippen LogP contribution >= 0.6 is 0 Å². The van der Waals surface area contributed by atoms with E-state index in [0.29, 0.717) is 6.54 Å². The van der Waals surface area contributed by atoms with Crippen LogP contribution in [0, 0.1) is 0 Å². The zero-order valence-electron chi connectivity index (χ0n) is 12.9. The van der Waals surface area contributed by atoms with Crippen molar-refractivity contribution in [2.24, 2.45) is 0 Å². The predicted molar refractivity (Wildman–Crippen MR) is 84.5 cm³/mol. The average Bonchev–Trinajstić information content (AvgIpc) is 2.48. The van der Waals surface area contributed by atoms with Gasteiger partial charge in [0.1, 0.15) is 5.75 Å². The van der Waals surface area contributed by atoms with Crippen molar-refractivity contribution in [3.05, 3.63) is 65.7 Å². The highest BCUT2D eigenvalue weighted by Gasteiger charge is 2.26. The van der Waals surface area contributed by atoms with Gasteiger partial charge in [-0.1, -0.05) is 42.5 Å². The molecule has 1 N–H and O–H groups in total. The second-order valence-electron chi connectivity index (χ2n) is 5.88. The topological polar surface area (TPSA) is 32.7 Å². The third-order valence-corrected chi connectivity index (χ3v) is 3.67. The summed E-state index contributed by atoms with van der Waals surface area (Å²) in [5, 5.41) is 11.8. The Kier molecular flexibility index (Phi) is 4.99. The molecular formula is C18H23NO2. The fraction of sp³-hybridized carbons (Fsp3) is 0.333. The molecule has 0 aliphatic rings. The summed E-state index contributed by atoms with van der Waals surface area (Å²) in [5.74, 6) is 0.849. The number of hydrogen-bond donors (Lipinski definition) is 1. The lowest BCUT2D eigenvalue weighted by Crippen LogP contribution is -2.42. The molecule has 0 aliphatic carbocycles. The average molecular weight is 285 g/mol. The number of benzene rings is 2. The molecule has 2 aromatic rings. The number of hydroxylamine groups is 2. The first-order valence-electron chi connectivity index (χ1n) is 7.14. The van der Waals surface area contributed by atoms with Crippen molar-refractivity contribution in [3.63, 3.8) is 0 Å². The van der Waals surface area contributed by atoms with Gasteiger partial charge in [-0.05, 0) is 43.5 Å². The Hall–Kier alpha value is -1.84. The fourth-order valence-electron chi connectivity index (χ4n) is 2.30. The molecule has 0 bridgehead atoms. The van der Waals surface area contributed by atoms with Crippen LogP contribution < -0.4 is 4.74 Å². The maximum absolute atomic E-state index is 10.4. The highest BCUT2D eigenvalue weighted by atomic mass is 16.5. The molecule has 0 spiro atoms. The van der Waals surface area contributed by atoms with E-state index in [1.807, 2.05) is 68.4 Å². The molecular weight excluding hydrogens is 262 g/mol. The van der Waals surface area contributed by atoms with Gasteiger partial charge >= 0.3 is 0 Å². The number of ether oxygens (including phenoxy) is 1. The first-order valence-corrected chi connectivity index (χ1v) is 7.14. The van der Waals surface area contributed by atoms with Crippen LogP contribution in [-0.2, 0) is 13.0 Å². The van der Waals surface area contributed by atoms with Crippen molar-refractivity contribution >= 4 is 0 Å². The molecule has 0 fully saturated rings. The van der Waals surface area contributed by atoms with E-state index >= 15 is 0 Å². The molecule has 0 unspecified atom stereocenters. The molecule has 0 atom stereocenters. The van der Waals surface area contributed by atoms with Gasteiger partial charge in [0.05, 0.1) is 7.11 Å². The molecule has 0 saturated carbocycles. The van der Waals surface area contributed by atoms with Crippen molar-refractivity contribution in [3.8, 4) is 5.75 Å². The molecule has 0 radical (unpaired) electrons. The number of nitrogens with zero attached hydrogens (tertiary/aromatic N) is 1. The number of hydrogen-bond acceptors (Lipinski definition) is 3. The molecule has 0 saturated heterocycles. The van der Waals surface area contributed by atoms with E-state index in [0.717, 1.165) is 17.7 Å². The summed E-state index contributed by atoms with van der Waals surface area (Å²) in [4.78, 5) is 0. The second kappa shape index (κ2) is 6.74. The summed E-state index contributed by atoms with van der Waals surface area (Å²) in [7, 11) is 1.66. The third-order valence-electron chi connectivity index (χ3n) is 3.67. The molecule has 0 aromatic heterocycles. The molecule has 0 amide bonds. The van der Waals surface area contributed by atoms with Crippen LogP contribution in [-0.4, -0.2) is 22.9 Å². The molecule has 2 aromatic carbocycles. The summed E-state index contributed by atoms with van der Waals surface area (Å²) in [5.41, 5.74) is 1.93. The first-order chi connectivity index (χ1) is 10.0. The van der Waals surface area contributed by atoms with Gasteiger partial charge in [0.2, 0.25) is 0 Å². The van der Waals surface area contributed by atoms with E-state index in [-0.39, 0.29) is 5.54 Å². The normalized spacial score (nSPS) is 11.7. The van der Waals surface area contributed by atoms with Crippen LogP contribution in [0.25, 0.3) is 0 Å². The van der Waals surface area contributed by atoms with E-state index in [1.54, 1.807) is 7.11 Å². The maximum atomic E-state index is 10.4. The lowest BCUT2D eigenvalue weighted by molar-refractivity contribution is -0.170. The summed E-state index contributed by atoms with van der Waals surface area (Å²) in [6.45, 7) is 4.60. The summed E-state index contributed by atoms with van der Waals surface area (Å²) in [6.07, 6.45) is 0.764. The Morgan fingerprint density at radius 3 is 2.14 bits per heavy atom. The van der Waals surface area contributed by atoms with E-state index in [4.69, 9.17) is 4.74 Å². The van der Waals surface area contributed by atoms with Crippen LogP contribution in [0.5, 0.6) is 5.75 Å². The minimum absolute atomic E-state index is 0.343. The van der Waals surface area contributed by atoms with E-state index in [2.05, 4.69) is 0 Å². The van der Waals surface area contributed by atoms with E-state index < -0.39 is 0 Å². The molecule has 0 heterocycles. The number of methoxy groups -OCH3 is 1. The Balaban J connectivity index is 2.02. The zero-order chi connectivity index (χ0) is 15.3. The van der Waals surface area contributed by atoms with Crippen LogP contribution in [0.1, 0.15) is 25.0 Å². The Bertz CT molecular complexity index is 549. The van der Waals surface area contributed by atoms with Gasteiger partial charge < -0.3 is 9.94 Å². The highest BCUT2D eigenvalue weighted by Crippen LogP contribution is 2.22. The van der Waals surface area contributed by atoms with Crippen LogP contribution in [0.2, 0.25) is 0 Å². The van der Waals surface area contributed by atoms with Crippen LogP contribution in [0.4, 0.5) is 0 Å². The van der Waals surface area contributed by atoms with Crippen molar-refractivity contribution in [1.82, 2.24) is 5.06 Å². The van der Waals surface area contributed by atoms with E-state index in [1.165, 1.54) is 10.6 Å². The third kappa shape index (κ3) is 4.31. The quantitative estimate of drug-likeness (QED) is 0.817. The maximum Gasteiger partial charge on any atom is 0.118 e. The minimum atomic E-state index is -0.343. The fourth-order valence-corrected chi connectivity index (χ4v) is 2.30. The lowest BCUT2D eigenvalue weighted by Gasteiger charge is -2.33. The lowest BCUT2D eigenvalue weighted by atomic mass is 9.94. The SMILES string of the molecule is COc1ccc(CC(C)(C)N(O)Cc2ccccc2)cc1. The van der Waals surface area contributed by atoms with Crippen molar-refractivity contribution < 1.29 is 9.94 Å². The first kappa shape index (κ1) is 15.5. The van der Waals surface area contributed by atoms with E-state index in [9.17, 15) is 5.21 Å². The standard InChI is InChI=1S/C18H23NO2/c1-18(2,13-15-9-11-17(21-3)12-10-15)19(20)14-16-7-5-4-6-8-16/h4-12,20H,13-14H2,1-3H3. The highest BCUT2D eigenvalue weighted by molar-refractivity contribution is 5.28. The zero-order valence-corrected chi connectivity index (χ0v) is 12.9. The van der Waals surface area contributed by atoms with Gasteiger partial charge in [-0.25, -0.2) is 0 Å². The molecule has 2 rings (SSSR count). The van der Waals surface area contributed by atoms with Gasteiger partial charge in [-0.2, -0.15) is 5.06 Å². The summed E-state index contributed by atoms with van der Waals surface area (Å²) >= 11 is 0. The molecule has 21 heavy (non-hydrogen) atoms. The van der Waals surface area contributed by atoms with Crippen molar-refractivity contribution in [2.75, 3.05) is 7.11 Å². The van der Waals surface area contributed by atoms with Crippen LogP contribution in [0.3, 0.4) is 0 Å². The second-order valence-corrected chi connectivity index (χ2v) is 5.88. The Morgan fingerprint density at radius 1 is 0.952 bits per heavy atom. The van der Waals surface area contributed by atoms with Gasteiger partial charge in [0, 0.05) is 12.1 Å². The molecule has 3 nitrogen and oxygen atoms in total. The van der Waals surface area contributed by atoms with Crippen molar-refractivity contribution in [1.29, 1.82) is 0 Å². The smallest absolute Gasteiger partial charge is 0.118 e. The number of rotatable bonds is 6. The molecule has 3 heteroatoms. The van der Waals surface area contributed by atoms with Crippen molar-refractivity contribution in [2.45, 2.75) is 32.4 Å². The Morgan fingerprint density at radius 2 is 1.57 bits per heavy atom. The predicted octanol–water partition coefficient (Wildman–Crippen LogP) is 3.91. The monoisotopic (exact) mass is 285 g/mol. The largest absolute Gasteiger partial charge is 0.497 e. The van der Waals surface area contributed by atoms with Gasteiger partial charge in [0.25, 0.3) is 0 Å². The minimum Gasteiger partial charge on any atom is -0.497 e. The van der Waals surface area contributed by atoms with Gasteiger partial charge in [-0.3, -0.25) is 0 Å². The molecule has 112 valence electrons. The summed E-state index contributed by atoms with van der Waals surface area (Å²) in [6, 6.07) is 18.0. The Labute approximate surface area is 126 Å². The summed E-state index contributed by atoms with van der Waals surface area (Å²) < 4.78 is 5.17. The van der Waals surface area contributed by atoms with Gasteiger partial charge in [-0.15, -0.1) is 0 Å². The van der Waals surface area contributed by atoms with Crippen LogP contribution in [0.15, 0.2) is 54.6 Å². The van der Waals surface area contributed by atoms with Gasteiger partial charge in [0.15, 0.2) is 0 Å². The molecule has 0 aliphatic heterocycles.